The van der Waals surface area contributed by atoms with Gasteiger partial charge in [-0.2, -0.15) is 0 Å². The molecule has 0 aromatic carbocycles. The summed E-state index contributed by atoms with van der Waals surface area (Å²) in [6, 6.07) is 2.66. The summed E-state index contributed by atoms with van der Waals surface area (Å²) in [5, 5.41) is 28.8. The van der Waals surface area contributed by atoms with Crippen LogP contribution in [0.5, 0.6) is 0 Å². The number of carboxylic acid groups (broad SMARTS) is 1. The number of unbranched alkanes of at least 4 members (excludes halogenated alkanes) is 1. The van der Waals surface area contributed by atoms with Crippen molar-refractivity contribution in [3.8, 4) is 0 Å². The molecule has 0 radical (unpaired) electrons. The molecule has 37 heavy (non-hydrogen) atoms. The van der Waals surface area contributed by atoms with Gasteiger partial charge >= 0.3 is 5.97 Å². The number of aliphatic hydroxyl groups is 1. The van der Waals surface area contributed by atoms with E-state index in [1.54, 1.807) is 4.90 Å². The van der Waals surface area contributed by atoms with E-state index in [-0.39, 0.29) is 50.2 Å². The SMILES string of the molecule is O=C(CNC(=O)C1CC1)NC(C(=O)O)C1(O)CCN(C(=O)CCCCc2ccc3c(n2)NCCC3)CC1. The molecule has 11 nitrogen and oxygen atoms in total. The molecule has 1 aromatic heterocycles. The first-order valence-corrected chi connectivity index (χ1v) is 13.3. The van der Waals surface area contributed by atoms with Crippen LogP contribution in [0.4, 0.5) is 5.82 Å². The second kappa shape index (κ2) is 11.9. The third-order valence-corrected chi connectivity index (χ3v) is 7.47. The first-order chi connectivity index (χ1) is 17.7. The second-order valence-electron chi connectivity index (χ2n) is 10.4. The number of nitrogens with one attached hydrogen (secondary N) is 3. The Morgan fingerprint density at radius 2 is 1.92 bits per heavy atom. The number of aryl methyl sites for hydroxylation is 2. The van der Waals surface area contributed by atoms with Crippen molar-refractivity contribution in [1.82, 2.24) is 20.5 Å². The molecule has 2 fully saturated rings. The molecule has 3 aliphatic rings. The average molecular weight is 516 g/mol. The molecule has 1 saturated heterocycles. The number of aromatic nitrogens is 1. The molecule has 2 aliphatic heterocycles. The summed E-state index contributed by atoms with van der Waals surface area (Å²) in [7, 11) is 0. The number of aliphatic carboxylic acids is 1. The molecular formula is C26H37N5O6. The van der Waals surface area contributed by atoms with Crippen LogP contribution < -0.4 is 16.0 Å². The number of carbonyl (C=O) groups excluding carboxylic acids is 3. The van der Waals surface area contributed by atoms with Crippen LogP contribution in [-0.2, 0) is 32.0 Å². The molecule has 1 atom stereocenters. The molecular weight excluding hydrogens is 478 g/mol. The fourth-order valence-electron chi connectivity index (χ4n) is 4.98. The Morgan fingerprint density at radius 1 is 1.16 bits per heavy atom. The van der Waals surface area contributed by atoms with Crippen molar-refractivity contribution in [3.63, 3.8) is 0 Å². The Kier molecular flexibility index (Phi) is 8.63. The highest BCUT2D eigenvalue weighted by Crippen LogP contribution is 2.29. The Morgan fingerprint density at radius 3 is 2.62 bits per heavy atom. The van der Waals surface area contributed by atoms with Gasteiger partial charge in [-0.25, -0.2) is 9.78 Å². The van der Waals surface area contributed by atoms with Crippen LogP contribution >= 0.6 is 0 Å². The molecule has 3 amide bonds. The molecule has 1 aromatic rings. The van der Waals surface area contributed by atoms with Gasteiger partial charge in [0.2, 0.25) is 17.7 Å². The van der Waals surface area contributed by atoms with E-state index in [2.05, 4.69) is 33.1 Å². The lowest BCUT2D eigenvalue weighted by molar-refractivity contribution is -0.154. The van der Waals surface area contributed by atoms with Crippen LogP contribution in [0.25, 0.3) is 0 Å². The minimum atomic E-state index is -1.68. The maximum absolute atomic E-state index is 12.7. The highest BCUT2D eigenvalue weighted by molar-refractivity contribution is 5.89. The number of carbonyl (C=O) groups is 4. The third-order valence-electron chi connectivity index (χ3n) is 7.47. The largest absolute Gasteiger partial charge is 0.480 e. The number of anilines is 1. The Balaban J connectivity index is 1.18. The Bertz CT molecular complexity index is 1020. The summed E-state index contributed by atoms with van der Waals surface area (Å²) >= 11 is 0. The Labute approximate surface area is 216 Å². The summed E-state index contributed by atoms with van der Waals surface area (Å²) in [5.74, 6) is -1.36. The number of piperidine rings is 1. The monoisotopic (exact) mass is 515 g/mol. The Hall–Kier alpha value is -3.21. The highest BCUT2D eigenvalue weighted by atomic mass is 16.4. The fourth-order valence-corrected chi connectivity index (χ4v) is 4.98. The van der Waals surface area contributed by atoms with Gasteiger partial charge in [-0.05, 0) is 69.4 Å². The smallest absolute Gasteiger partial charge is 0.329 e. The maximum Gasteiger partial charge on any atom is 0.329 e. The van der Waals surface area contributed by atoms with E-state index < -0.39 is 23.5 Å². The summed E-state index contributed by atoms with van der Waals surface area (Å²) in [6.45, 7) is 1.04. The lowest BCUT2D eigenvalue weighted by Crippen LogP contribution is -2.62. The zero-order valence-corrected chi connectivity index (χ0v) is 21.1. The van der Waals surface area contributed by atoms with E-state index in [0.29, 0.717) is 12.8 Å². The summed E-state index contributed by atoms with van der Waals surface area (Å²) in [4.78, 5) is 54.8. The van der Waals surface area contributed by atoms with E-state index >= 15 is 0 Å². The number of likely N-dealkylation sites (tertiary alicyclic amines) is 1. The first-order valence-electron chi connectivity index (χ1n) is 13.3. The quantitative estimate of drug-likeness (QED) is 0.268. The van der Waals surface area contributed by atoms with Crippen molar-refractivity contribution >= 4 is 29.5 Å². The summed E-state index contributed by atoms with van der Waals surface area (Å²) < 4.78 is 0. The van der Waals surface area contributed by atoms with Gasteiger partial charge in [0.1, 0.15) is 5.82 Å². The van der Waals surface area contributed by atoms with Gasteiger partial charge in [-0.3, -0.25) is 14.4 Å². The van der Waals surface area contributed by atoms with Gasteiger partial charge in [0.15, 0.2) is 6.04 Å². The van der Waals surface area contributed by atoms with Gasteiger partial charge < -0.3 is 31.1 Å². The number of pyridine rings is 1. The lowest BCUT2D eigenvalue weighted by atomic mass is 9.84. The predicted octanol–water partition coefficient (Wildman–Crippen LogP) is 0.602. The fraction of sp³-hybridized carbons (Fsp3) is 0.654. The molecule has 1 unspecified atom stereocenters. The van der Waals surface area contributed by atoms with Gasteiger partial charge in [0, 0.05) is 37.7 Å². The van der Waals surface area contributed by atoms with Crippen molar-refractivity contribution in [2.45, 2.75) is 75.9 Å². The van der Waals surface area contributed by atoms with Gasteiger partial charge in [0.05, 0.1) is 12.1 Å². The van der Waals surface area contributed by atoms with Gasteiger partial charge in [-0.15, -0.1) is 0 Å². The zero-order chi connectivity index (χ0) is 26.4. The third kappa shape index (κ3) is 7.18. The average Bonchev–Trinajstić information content (AvgIpc) is 3.74. The van der Waals surface area contributed by atoms with Crippen molar-refractivity contribution in [2.24, 2.45) is 5.92 Å². The predicted molar refractivity (Wildman–Crippen MR) is 135 cm³/mol. The number of hydrogen-bond acceptors (Lipinski definition) is 7. The van der Waals surface area contributed by atoms with Crippen molar-refractivity contribution in [2.75, 3.05) is 31.5 Å². The van der Waals surface area contributed by atoms with Crippen molar-refractivity contribution in [3.05, 3.63) is 23.4 Å². The molecule has 1 aliphatic carbocycles. The molecule has 1 saturated carbocycles. The number of rotatable bonds is 11. The van der Waals surface area contributed by atoms with Crippen LogP contribution in [0.2, 0.25) is 0 Å². The highest BCUT2D eigenvalue weighted by Gasteiger charge is 2.45. The van der Waals surface area contributed by atoms with E-state index in [9.17, 15) is 29.4 Å². The minimum absolute atomic E-state index is 0.0270. The molecule has 4 rings (SSSR count). The lowest BCUT2D eigenvalue weighted by Gasteiger charge is -2.41. The van der Waals surface area contributed by atoms with E-state index in [4.69, 9.17) is 0 Å². The van der Waals surface area contributed by atoms with Crippen LogP contribution in [0.1, 0.15) is 62.6 Å². The number of hydrogen-bond donors (Lipinski definition) is 5. The first kappa shape index (κ1) is 26.8. The molecule has 0 spiro atoms. The standard InChI is InChI=1S/C26H37N5O6/c32-20(16-28-24(34)18-7-8-18)30-22(25(35)36)26(37)11-14-31(15-12-26)21(33)6-2-1-5-19-10-9-17-4-3-13-27-23(17)29-19/h9-10,18,22,37H,1-8,11-16H2,(H,27,29)(H,28,34)(H,30,32)(H,35,36). The topological polar surface area (TPSA) is 161 Å². The maximum atomic E-state index is 12.7. The van der Waals surface area contributed by atoms with Crippen LogP contribution in [0.3, 0.4) is 0 Å². The zero-order valence-electron chi connectivity index (χ0n) is 21.1. The van der Waals surface area contributed by atoms with E-state index in [0.717, 1.165) is 56.6 Å². The van der Waals surface area contributed by atoms with Crippen LogP contribution in [0.15, 0.2) is 12.1 Å². The summed E-state index contributed by atoms with van der Waals surface area (Å²) in [6.07, 6.45) is 6.56. The van der Waals surface area contributed by atoms with Crippen molar-refractivity contribution in [1.29, 1.82) is 0 Å². The summed E-state index contributed by atoms with van der Waals surface area (Å²) in [5.41, 5.74) is 0.586. The van der Waals surface area contributed by atoms with Crippen LogP contribution in [0, 0.1) is 5.92 Å². The number of fused-ring (bicyclic) bond motifs is 1. The number of amides is 3. The minimum Gasteiger partial charge on any atom is -0.480 e. The van der Waals surface area contributed by atoms with Gasteiger partial charge in [0.25, 0.3) is 0 Å². The molecule has 3 heterocycles. The molecule has 202 valence electrons. The van der Waals surface area contributed by atoms with Crippen molar-refractivity contribution < 1.29 is 29.4 Å². The molecule has 11 heteroatoms. The van der Waals surface area contributed by atoms with E-state index in [1.807, 2.05) is 0 Å². The second-order valence-corrected chi connectivity index (χ2v) is 10.4. The van der Waals surface area contributed by atoms with Crippen LogP contribution in [-0.4, -0.2) is 81.6 Å². The van der Waals surface area contributed by atoms with Gasteiger partial charge in [-0.1, -0.05) is 6.07 Å². The van der Waals surface area contributed by atoms with E-state index in [1.165, 1.54) is 5.56 Å². The molecule has 5 N–H and O–H groups in total. The molecule has 0 bridgehead atoms. The number of carboxylic acids is 1. The normalized spacial score (nSPS) is 19.2. The number of nitrogens with zero attached hydrogens (tertiary/aromatic N) is 2.